The molecule has 0 bridgehead atoms. The topological polar surface area (TPSA) is 25.2 Å². The van der Waals surface area contributed by atoms with Crippen LogP contribution < -0.4 is 0 Å². The number of aliphatic hydroxyl groups is 1. The normalized spacial score (nSPS) is 13.1. The van der Waals surface area contributed by atoms with Crippen LogP contribution in [0.25, 0.3) is 21.8 Å². The Labute approximate surface area is 138 Å². The fraction of sp³-hybridized carbons (Fsp3) is 0.294. The molecule has 0 saturated heterocycles. The first kappa shape index (κ1) is 17.6. The van der Waals surface area contributed by atoms with Gasteiger partial charge in [0.25, 0.3) is 0 Å². The Morgan fingerprint density at radius 2 is 1.60 bits per heavy atom. The average Bonchev–Trinajstić information content (AvgIpc) is 2.84. The molecule has 1 aromatic heterocycles. The van der Waals surface area contributed by atoms with Crippen molar-refractivity contribution in [2.24, 2.45) is 0 Å². The number of aliphatic hydroxyl groups excluding tert-OH is 1. The zero-order valence-electron chi connectivity index (χ0n) is 13.0. The van der Waals surface area contributed by atoms with Crippen LogP contribution in [0.3, 0.4) is 0 Å². The third-order valence-electron chi connectivity index (χ3n) is 4.16. The van der Waals surface area contributed by atoms with Gasteiger partial charge in [0.15, 0.2) is 0 Å². The van der Waals surface area contributed by atoms with E-state index >= 15 is 0 Å². The number of aryl methyl sites for hydroxylation is 1. The zero-order chi connectivity index (χ0) is 18.6. The molecule has 2 nitrogen and oxygen atoms in total. The monoisotopic (exact) mass is 361 g/mol. The van der Waals surface area contributed by atoms with Crippen LogP contribution in [0.4, 0.5) is 26.3 Å². The number of benzene rings is 2. The number of hydrogen-bond donors (Lipinski definition) is 1. The molecule has 0 amide bonds. The molecule has 0 aliphatic heterocycles. The fourth-order valence-electron chi connectivity index (χ4n) is 3.10. The van der Waals surface area contributed by atoms with E-state index in [0.717, 1.165) is 6.07 Å². The summed E-state index contributed by atoms with van der Waals surface area (Å²) >= 11 is 0. The van der Waals surface area contributed by atoms with Gasteiger partial charge in [-0.1, -0.05) is 6.07 Å². The van der Waals surface area contributed by atoms with E-state index < -0.39 is 23.5 Å². The molecule has 2 aromatic carbocycles. The number of alkyl halides is 6. The summed E-state index contributed by atoms with van der Waals surface area (Å²) in [6.07, 6.45) is -9.83. The molecule has 0 fully saturated rings. The van der Waals surface area contributed by atoms with Crippen LogP contribution in [-0.4, -0.2) is 9.67 Å². The molecule has 0 radical (unpaired) electrons. The lowest BCUT2D eigenvalue weighted by molar-refractivity contribution is -0.142. The van der Waals surface area contributed by atoms with Gasteiger partial charge in [0.2, 0.25) is 0 Å². The molecule has 0 unspecified atom stereocenters. The Morgan fingerprint density at radius 1 is 0.920 bits per heavy atom. The molecule has 25 heavy (non-hydrogen) atoms. The Bertz CT molecular complexity index is 952. The minimum atomic E-state index is -4.94. The van der Waals surface area contributed by atoms with Gasteiger partial charge in [-0.2, -0.15) is 26.3 Å². The molecule has 3 aromatic rings. The van der Waals surface area contributed by atoms with E-state index in [4.69, 9.17) is 0 Å². The molecule has 134 valence electrons. The van der Waals surface area contributed by atoms with Crippen LogP contribution in [0.2, 0.25) is 0 Å². The largest absolute Gasteiger partial charge is 0.417 e. The third kappa shape index (κ3) is 2.84. The molecule has 0 saturated carbocycles. The summed E-state index contributed by atoms with van der Waals surface area (Å²) in [7, 11) is 0. The first-order valence-corrected chi connectivity index (χ1v) is 7.42. The molecular weight excluding hydrogens is 348 g/mol. The van der Waals surface area contributed by atoms with Crippen molar-refractivity contribution in [2.75, 3.05) is 0 Å². The van der Waals surface area contributed by atoms with Crippen LogP contribution in [0.15, 0.2) is 30.3 Å². The van der Waals surface area contributed by atoms with E-state index in [0.29, 0.717) is 11.1 Å². The average molecular weight is 361 g/mol. The number of nitrogens with zero attached hydrogens (tertiary/aromatic N) is 1. The van der Waals surface area contributed by atoms with E-state index in [9.17, 15) is 31.4 Å². The van der Waals surface area contributed by atoms with Crippen LogP contribution in [0.5, 0.6) is 0 Å². The minimum Gasteiger partial charge on any atom is -0.392 e. The van der Waals surface area contributed by atoms with Crippen molar-refractivity contribution >= 4 is 21.8 Å². The van der Waals surface area contributed by atoms with Crippen molar-refractivity contribution in [1.29, 1.82) is 0 Å². The van der Waals surface area contributed by atoms with E-state index in [2.05, 4.69) is 0 Å². The van der Waals surface area contributed by atoms with E-state index in [1.165, 1.54) is 22.8 Å². The predicted octanol–water partition coefficient (Wildman–Crippen LogP) is 5.34. The molecule has 0 aliphatic rings. The first-order chi connectivity index (χ1) is 11.6. The Balaban J connectivity index is 2.56. The lowest BCUT2D eigenvalue weighted by Gasteiger charge is -2.14. The van der Waals surface area contributed by atoms with Gasteiger partial charge in [0.05, 0.1) is 23.3 Å². The second-order valence-electron chi connectivity index (χ2n) is 5.67. The van der Waals surface area contributed by atoms with Gasteiger partial charge < -0.3 is 9.67 Å². The van der Waals surface area contributed by atoms with Crippen molar-refractivity contribution in [2.45, 2.75) is 32.4 Å². The summed E-state index contributed by atoms with van der Waals surface area (Å²) < 4.78 is 81.1. The first-order valence-electron chi connectivity index (χ1n) is 7.42. The molecular formula is C17H13F6NO. The van der Waals surface area contributed by atoms with Crippen molar-refractivity contribution in [3.05, 3.63) is 47.0 Å². The fourth-order valence-corrected chi connectivity index (χ4v) is 3.10. The second kappa shape index (κ2) is 5.66. The lowest BCUT2D eigenvalue weighted by Crippen LogP contribution is -2.11. The molecule has 3 rings (SSSR count). The highest BCUT2D eigenvalue weighted by Gasteiger charge is 2.39. The van der Waals surface area contributed by atoms with Gasteiger partial charge in [-0.05, 0) is 36.8 Å². The summed E-state index contributed by atoms with van der Waals surface area (Å²) in [4.78, 5) is 0. The number of aromatic nitrogens is 1. The van der Waals surface area contributed by atoms with Gasteiger partial charge in [-0.25, -0.2) is 0 Å². The van der Waals surface area contributed by atoms with Crippen LogP contribution in [0, 0.1) is 0 Å². The van der Waals surface area contributed by atoms with Gasteiger partial charge in [0.1, 0.15) is 0 Å². The van der Waals surface area contributed by atoms with E-state index in [1.807, 2.05) is 0 Å². The molecule has 0 spiro atoms. The summed E-state index contributed by atoms with van der Waals surface area (Å²) in [5.41, 5.74) is -2.03. The predicted molar refractivity (Wildman–Crippen MR) is 81.0 cm³/mol. The van der Waals surface area contributed by atoms with Gasteiger partial charge in [-0.15, -0.1) is 0 Å². The Hall–Kier alpha value is -2.22. The van der Waals surface area contributed by atoms with Gasteiger partial charge in [-0.3, -0.25) is 0 Å². The summed E-state index contributed by atoms with van der Waals surface area (Å²) in [6, 6.07) is 5.32. The van der Waals surface area contributed by atoms with Gasteiger partial charge >= 0.3 is 12.4 Å². The third-order valence-corrected chi connectivity index (χ3v) is 4.16. The highest BCUT2D eigenvalue weighted by Crippen LogP contribution is 2.43. The maximum atomic E-state index is 13.5. The quantitative estimate of drug-likeness (QED) is 0.612. The maximum absolute atomic E-state index is 13.5. The number of rotatable bonds is 2. The van der Waals surface area contributed by atoms with E-state index in [1.54, 1.807) is 6.92 Å². The summed E-state index contributed by atoms with van der Waals surface area (Å²) in [5, 5.41) is 9.12. The molecule has 1 heterocycles. The smallest absolute Gasteiger partial charge is 0.392 e. The Morgan fingerprint density at radius 3 is 2.12 bits per heavy atom. The van der Waals surface area contributed by atoms with Crippen molar-refractivity contribution < 1.29 is 31.4 Å². The maximum Gasteiger partial charge on any atom is 0.417 e. The van der Waals surface area contributed by atoms with Crippen molar-refractivity contribution in [3.8, 4) is 0 Å². The van der Waals surface area contributed by atoms with Gasteiger partial charge in [0, 0.05) is 22.8 Å². The molecule has 8 heteroatoms. The van der Waals surface area contributed by atoms with Crippen molar-refractivity contribution in [3.63, 3.8) is 0 Å². The number of halogens is 6. The van der Waals surface area contributed by atoms with Crippen LogP contribution >= 0.6 is 0 Å². The number of hydrogen-bond acceptors (Lipinski definition) is 1. The van der Waals surface area contributed by atoms with Crippen LogP contribution in [-0.2, 0) is 25.5 Å². The summed E-state index contributed by atoms with van der Waals surface area (Å²) in [5.74, 6) is 0. The lowest BCUT2D eigenvalue weighted by atomic mass is 10.0. The highest BCUT2D eigenvalue weighted by atomic mass is 19.4. The zero-order valence-corrected chi connectivity index (χ0v) is 13.0. The second-order valence-corrected chi connectivity index (χ2v) is 5.67. The SMILES string of the molecule is CCn1c2ccc(CO)cc2c2c(C(F)(F)F)cc(C(F)(F)F)cc21. The highest BCUT2D eigenvalue weighted by molar-refractivity contribution is 6.10. The van der Waals surface area contributed by atoms with Crippen molar-refractivity contribution in [1.82, 2.24) is 4.57 Å². The Kier molecular flexibility index (Phi) is 3.98. The minimum absolute atomic E-state index is 0.130. The number of fused-ring (bicyclic) bond motifs is 3. The molecule has 1 N–H and O–H groups in total. The molecule has 0 atom stereocenters. The molecule has 0 aliphatic carbocycles. The van der Waals surface area contributed by atoms with Crippen LogP contribution in [0.1, 0.15) is 23.6 Å². The summed E-state index contributed by atoms with van der Waals surface area (Å²) in [6.45, 7) is 1.47. The van der Waals surface area contributed by atoms with E-state index in [-0.39, 0.29) is 35.5 Å². The standard InChI is InChI=1S/C17H13F6NO/c1-2-24-13-4-3-9(8-25)5-11(13)15-12(17(21,22)23)6-10(7-14(15)24)16(18,19)20/h3-7,25H,2,8H2,1H3.